The number of ether oxygens (including phenoxy) is 2. The molecule has 2 aliphatic rings. The predicted octanol–water partition coefficient (Wildman–Crippen LogP) is 1.85. The van der Waals surface area contributed by atoms with E-state index in [1.54, 1.807) is 12.1 Å². The van der Waals surface area contributed by atoms with Crippen LogP contribution in [0.2, 0.25) is 0 Å². The van der Waals surface area contributed by atoms with Crippen molar-refractivity contribution in [2.45, 2.75) is 26.0 Å². The number of benzene rings is 1. The zero-order valence-electron chi connectivity index (χ0n) is 10.7. The number of aromatic carboxylic acids is 1. The number of carboxylic acid groups (broad SMARTS) is 1. The van der Waals surface area contributed by atoms with E-state index < -0.39 is 5.97 Å². The maximum Gasteiger partial charge on any atom is 0.335 e. The average Bonchev–Trinajstić information content (AvgIpc) is 2.91. The van der Waals surface area contributed by atoms with Crippen LogP contribution in [0.4, 0.5) is 0 Å². The summed E-state index contributed by atoms with van der Waals surface area (Å²) in [4.78, 5) is 13.5. The Hall–Kier alpha value is -1.59. The Balaban J connectivity index is 1.94. The molecule has 0 unspecified atom stereocenters. The van der Waals surface area contributed by atoms with Gasteiger partial charge in [0.1, 0.15) is 5.75 Å². The van der Waals surface area contributed by atoms with Crippen molar-refractivity contribution < 1.29 is 19.4 Å². The molecule has 5 nitrogen and oxygen atoms in total. The molecule has 0 spiro atoms. The minimum absolute atomic E-state index is 0.242. The molecular formula is C14H17NO4. The molecule has 1 saturated heterocycles. The minimum atomic E-state index is -0.906. The monoisotopic (exact) mass is 263 g/mol. The molecule has 5 heteroatoms. The second kappa shape index (κ2) is 5.19. The highest BCUT2D eigenvalue weighted by atomic mass is 16.7. The van der Waals surface area contributed by atoms with Gasteiger partial charge in [0, 0.05) is 17.7 Å². The predicted molar refractivity (Wildman–Crippen MR) is 68.2 cm³/mol. The third-order valence-electron chi connectivity index (χ3n) is 3.63. The molecule has 1 aromatic carbocycles. The first-order valence-electron chi connectivity index (χ1n) is 6.56. The van der Waals surface area contributed by atoms with Gasteiger partial charge in [-0.05, 0) is 38.1 Å². The second-order valence-corrected chi connectivity index (χ2v) is 5.02. The molecule has 0 radical (unpaired) electrons. The molecule has 0 aromatic heterocycles. The molecule has 1 N–H and O–H groups in total. The van der Waals surface area contributed by atoms with E-state index in [1.165, 1.54) is 12.8 Å². The smallest absolute Gasteiger partial charge is 0.335 e. The minimum Gasteiger partial charge on any atom is -0.478 e. The lowest BCUT2D eigenvalue weighted by Gasteiger charge is -2.23. The topological polar surface area (TPSA) is 59.0 Å². The number of fused-ring (bicyclic) bond motifs is 1. The molecule has 1 aromatic rings. The number of nitrogens with zero attached hydrogens (tertiary/aromatic N) is 1. The van der Waals surface area contributed by atoms with Crippen molar-refractivity contribution in [2.24, 2.45) is 0 Å². The fourth-order valence-electron chi connectivity index (χ4n) is 2.72. The molecule has 1 fully saturated rings. The Labute approximate surface area is 111 Å². The molecule has 3 rings (SSSR count). The zero-order valence-corrected chi connectivity index (χ0v) is 10.7. The molecule has 19 heavy (non-hydrogen) atoms. The number of rotatable bonds is 3. The van der Waals surface area contributed by atoms with Gasteiger partial charge in [0.05, 0.1) is 12.2 Å². The van der Waals surface area contributed by atoms with Crippen LogP contribution in [-0.2, 0) is 17.9 Å². The van der Waals surface area contributed by atoms with Crippen molar-refractivity contribution in [3.8, 4) is 5.75 Å². The summed E-state index contributed by atoms with van der Waals surface area (Å²) < 4.78 is 10.8. The Morgan fingerprint density at radius 3 is 2.84 bits per heavy atom. The SMILES string of the molecule is O=C(O)c1cc2c(c(CN3CCCC3)c1)OCOC2. The third kappa shape index (κ3) is 2.57. The number of hydrogen-bond acceptors (Lipinski definition) is 4. The van der Waals surface area contributed by atoms with Gasteiger partial charge in [0.2, 0.25) is 0 Å². The van der Waals surface area contributed by atoms with Crippen LogP contribution in [0.1, 0.15) is 34.3 Å². The first-order valence-corrected chi connectivity index (χ1v) is 6.56. The Kier molecular flexibility index (Phi) is 3.40. The van der Waals surface area contributed by atoms with Gasteiger partial charge >= 0.3 is 5.97 Å². The summed E-state index contributed by atoms with van der Waals surface area (Å²) >= 11 is 0. The van der Waals surface area contributed by atoms with E-state index in [0.717, 1.165) is 36.5 Å². The highest BCUT2D eigenvalue weighted by Crippen LogP contribution is 2.31. The lowest BCUT2D eigenvalue weighted by Crippen LogP contribution is -2.21. The van der Waals surface area contributed by atoms with Gasteiger partial charge in [0.15, 0.2) is 6.79 Å². The molecule has 0 bridgehead atoms. The van der Waals surface area contributed by atoms with Gasteiger partial charge in [-0.1, -0.05) is 0 Å². The Morgan fingerprint density at radius 1 is 1.32 bits per heavy atom. The van der Waals surface area contributed by atoms with E-state index in [0.29, 0.717) is 12.2 Å². The first-order chi connectivity index (χ1) is 9.24. The second-order valence-electron chi connectivity index (χ2n) is 5.02. The quantitative estimate of drug-likeness (QED) is 0.901. The summed E-state index contributed by atoms with van der Waals surface area (Å²) in [6.45, 7) is 3.56. The van der Waals surface area contributed by atoms with Crippen LogP contribution < -0.4 is 4.74 Å². The number of carbonyl (C=O) groups is 1. The highest BCUT2D eigenvalue weighted by Gasteiger charge is 2.21. The summed E-state index contributed by atoms with van der Waals surface area (Å²) in [5.74, 6) is -0.0980. The van der Waals surface area contributed by atoms with Crippen molar-refractivity contribution in [1.82, 2.24) is 4.90 Å². The van der Waals surface area contributed by atoms with E-state index in [9.17, 15) is 9.90 Å². The van der Waals surface area contributed by atoms with Crippen molar-refractivity contribution in [3.63, 3.8) is 0 Å². The Morgan fingerprint density at radius 2 is 2.11 bits per heavy atom. The fourth-order valence-corrected chi connectivity index (χ4v) is 2.72. The highest BCUT2D eigenvalue weighted by molar-refractivity contribution is 5.88. The largest absolute Gasteiger partial charge is 0.478 e. The van der Waals surface area contributed by atoms with Crippen LogP contribution in [0.25, 0.3) is 0 Å². The Bertz CT molecular complexity index is 494. The van der Waals surface area contributed by atoms with Crippen LogP contribution in [0, 0.1) is 0 Å². The van der Waals surface area contributed by atoms with Crippen LogP contribution in [0.3, 0.4) is 0 Å². The fraction of sp³-hybridized carbons (Fsp3) is 0.500. The van der Waals surface area contributed by atoms with Crippen LogP contribution in [-0.4, -0.2) is 35.9 Å². The number of likely N-dealkylation sites (tertiary alicyclic amines) is 1. The van der Waals surface area contributed by atoms with Crippen LogP contribution >= 0.6 is 0 Å². The van der Waals surface area contributed by atoms with Crippen molar-refractivity contribution in [2.75, 3.05) is 19.9 Å². The molecule has 2 heterocycles. The molecular weight excluding hydrogens is 246 g/mol. The normalized spacial score (nSPS) is 18.9. The summed E-state index contributed by atoms with van der Waals surface area (Å²) in [7, 11) is 0. The van der Waals surface area contributed by atoms with E-state index in [4.69, 9.17) is 9.47 Å². The molecule has 0 amide bonds. The van der Waals surface area contributed by atoms with Gasteiger partial charge in [-0.2, -0.15) is 0 Å². The maximum absolute atomic E-state index is 11.2. The van der Waals surface area contributed by atoms with Gasteiger partial charge in [-0.15, -0.1) is 0 Å². The van der Waals surface area contributed by atoms with Crippen LogP contribution in [0.15, 0.2) is 12.1 Å². The summed E-state index contributed by atoms with van der Waals surface area (Å²) in [6.07, 6.45) is 2.43. The van der Waals surface area contributed by atoms with Crippen molar-refractivity contribution in [1.29, 1.82) is 0 Å². The summed E-state index contributed by atoms with van der Waals surface area (Å²) in [5.41, 5.74) is 2.10. The van der Waals surface area contributed by atoms with Crippen molar-refractivity contribution >= 4 is 5.97 Å². The van der Waals surface area contributed by atoms with E-state index in [2.05, 4.69) is 4.90 Å². The molecule has 0 aliphatic carbocycles. The number of carboxylic acids is 1. The lowest BCUT2D eigenvalue weighted by molar-refractivity contribution is -0.0174. The van der Waals surface area contributed by atoms with Crippen LogP contribution in [0.5, 0.6) is 5.75 Å². The maximum atomic E-state index is 11.2. The lowest BCUT2D eigenvalue weighted by atomic mass is 10.0. The summed E-state index contributed by atoms with van der Waals surface area (Å²) in [6, 6.07) is 3.37. The molecule has 2 aliphatic heterocycles. The van der Waals surface area contributed by atoms with Gasteiger partial charge < -0.3 is 14.6 Å². The van der Waals surface area contributed by atoms with Gasteiger partial charge in [0.25, 0.3) is 0 Å². The van der Waals surface area contributed by atoms with Gasteiger partial charge in [-0.3, -0.25) is 4.90 Å². The zero-order chi connectivity index (χ0) is 13.2. The first kappa shape index (κ1) is 12.4. The standard InChI is InChI=1S/C14H17NO4/c16-14(17)10-5-11(7-15-3-1-2-4-15)13-12(6-10)8-18-9-19-13/h5-6H,1-4,7-9H2,(H,16,17). The molecule has 0 saturated carbocycles. The third-order valence-corrected chi connectivity index (χ3v) is 3.63. The van der Waals surface area contributed by atoms with E-state index >= 15 is 0 Å². The van der Waals surface area contributed by atoms with E-state index in [-0.39, 0.29) is 6.79 Å². The molecule has 102 valence electrons. The molecule has 0 atom stereocenters. The summed E-state index contributed by atoms with van der Waals surface area (Å²) in [5, 5.41) is 9.18. The number of hydrogen-bond donors (Lipinski definition) is 1. The van der Waals surface area contributed by atoms with E-state index in [1.807, 2.05) is 0 Å². The average molecular weight is 263 g/mol. The van der Waals surface area contributed by atoms with Crippen molar-refractivity contribution in [3.05, 3.63) is 28.8 Å². The van der Waals surface area contributed by atoms with Gasteiger partial charge in [-0.25, -0.2) is 4.79 Å².